The molecule has 7 heteroatoms. The van der Waals surface area contributed by atoms with Gasteiger partial charge >= 0.3 is 0 Å². The van der Waals surface area contributed by atoms with E-state index in [0.717, 1.165) is 27.9 Å². The van der Waals surface area contributed by atoms with Crippen LogP contribution in [-0.4, -0.2) is 38.1 Å². The lowest BCUT2D eigenvalue weighted by Gasteiger charge is -2.37. The van der Waals surface area contributed by atoms with Crippen LogP contribution in [0.15, 0.2) is 53.6 Å². The van der Waals surface area contributed by atoms with Crippen LogP contribution < -0.4 is 9.47 Å². The molecule has 164 valence electrons. The van der Waals surface area contributed by atoms with Crippen molar-refractivity contribution in [3.05, 3.63) is 76.6 Å². The Kier molecular flexibility index (Phi) is 5.58. The number of aryl methyl sites for hydroxylation is 3. The zero-order chi connectivity index (χ0) is 22.3. The maximum Gasteiger partial charge on any atom is 0.244 e. The van der Waals surface area contributed by atoms with Gasteiger partial charge in [-0.1, -0.05) is 17.7 Å². The first-order valence-corrected chi connectivity index (χ1v) is 11.7. The molecule has 0 saturated carbocycles. The van der Waals surface area contributed by atoms with Crippen molar-refractivity contribution >= 4 is 10.0 Å². The summed E-state index contributed by atoms with van der Waals surface area (Å²) in [6.07, 6.45) is 1.99. The number of ether oxygens (including phenoxy) is 2. The minimum atomic E-state index is -3.78. The lowest BCUT2D eigenvalue weighted by atomic mass is 10.0. The van der Waals surface area contributed by atoms with Crippen LogP contribution in [0.1, 0.15) is 34.0 Å². The topological polar surface area (TPSA) is 60.8 Å². The molecular formula is C24H28N2O4S. The van der Waals surface area contributed by atoms with Gasteiger partial charge in [0.2, 0.25) is 10.0 Å². The normalized spacial score (nSPS) is 16.7. The number of hydrogen-bond donors (Lipinski definition) is 0. The Hall–Kier alpha value is -2.77. The molecule has 2 heterocycles. The van der Waals surface area contributed by atoms with Crippen molar-refractivity contribution in [1.29, 1.82) is 0 Å². The van der Waals surface area contributed by atoms with Crippen molar-refractivity contribution in [3.63, 3.8) is 0 Å². The van der Waals surface area contributed by atoms with Gasteiger partial charge in [-0.05, 0) is 62.2 Å². The van der Waals surface area contributed by atoms with E-state index in [4.69, 9.17) is 9.47 Å². The molecule has 0 aliphatic carbocycles. The van der Waals surface area contributed by atoms with E-state index in [9.17, 15) is 8.42 Å². The minimum Gasteiger partial charge on any atom is -0.497 e. The van der Waals surface area contributed by atoms with Crippen LogP contribution in [0.5, 0.6) is 11.5 Å². The molecule has 1 aliphatic rings. The Morgan fingerprint density at radius 1 is 0.935 bits per heavy atom. The van der Waals surface area contributed by atoms with Crippen LogP contribution in [0, 0.1) is 20.8 Å². The number of fused-ring (bicyclic) bond motifs is 1. The van der Waals surface area contributed by atoms with E-state index < -0.39 is 16.1 Å². The highest BCUT2D eigenvalue weighted by atomic mass is 32.2. The molecule has 0 N–H and O–H groups in total. The molecule has 1 aromatic heterocycles. The average Bonchev–Trinajstić information content (AvgIpc) is 3.20. The molecule has 0 amide bonds. The van der Waals surface area contributed by atoms with Gasteiger partial charge in [-0.15, -0.1) is 0 Å². The minimum absolute atomic E-state index is 0.363. The Labute approximate surface area is 184 Å². The van der Waals surface area contributed by atoms with Crippen molar-refractivity contribution in [3.8, 4) is 11.5 Å². The number of benzene rings is 2. The first-order valence-electron chi connectivity index (χ1n) is 10.2. The van der Waals surface area contributed by atoms with Gasteiger partial charge in [0, 0.05) is 30.5 Å². The number of rotatable bonds is 5. The van der Waals surface area contributed by atoms with Crippen molar-refractivity contribution in [2.75, 3.05) is 20.8 Å². The SMILES string of the molecule is COc1ccc(OC)c(C2c3cccn3CCN2S(=O)(=O)c2c(C)cc(C)cc2C)c1. The first kappa shape index (κ1) is 21.5. The van der Waals surface area contributed by atoms with Crippen LogP contribution in [0.2, 0.25) is 0 Å². The number of nitrogens with zero attached hydrogens (tertiary/aromatic N) is 2. The summed E-state index contributed by atoms with van der Waals surface area (Å²) in [5, 5.41) is 0. The molecule has 1 aliphatic heterocycles. The summed E-state index contributed by atoms with van der Waals surface area (Å²) in [7, 11) is -0.582. The van der Waals surface area contributed by atoms with Crippen LogP contribution in [0.4, 0.5) is 0 Å². The zero-order valence-corrected chi connectivity index (χ0v) is 19.4. The van der Waals surface area contributed by atoms with E-state index in [2.05, 4.69) is 4.57 Å². The lowest BCUT2D eigenvalue weighted by Crippen LogP contribution is -2.42. The number of methoxy groups -OCH3 is 2. The molecule has 4 rings (SSSR count). The molecule has 0 radical (unpaired) electrons. The quantitative estimate of drug-likeness (QED) is 0.596. The smallest absolute Gasteiger partial charge is 0.244 e. The Morgan fingerprint density at radius 3 is 2.29 bits per heavy atom. The van der Waals surface area contributed by atoms with Gasteiger partial charge in [0.25, 0.3) is 0 Å². The van der Waals surface area contributed by atoms with Gasteiger partial charge in [0.05, 0.1) is 25.2 Å². The third kappa shape index (κ3) is 3.62. The summed E-state index contributed by atoms with van der Waals surface area (Å²) < 4.78 is 42.9. The van der Waals surface area contributed by atoms with E-state index in [1.165, 1.54) is 0 Å². The van der Waals surface area contributed by atoms with Gasteiger partial charge < -0.3 is 14.0 Å². The number of aromatic nitrogens is 1. The summed E-state index contributed by atoms with van der Waals surface area (Å²) in [5.41, 5.74) is 4.23. The molecule has 0 fully saturated rings. The highest BCUT2D eigenvalue weighted by Gasteiger charge is 2.40. The van der Waals surface area contributed by atoms with E-state index in [-0.39, 0.29) is 0 Å². The van der Waals surface area contributed by atoms with Crippen molar-refractivity contribution in [2.45, 2.75) is 38.3 Å². The fourth-order valence-electron chi connectivity index (χ4n) is 4.68. The Balaban J connectivity index is 1.95. The second-order valence-corrected chi connectivity index (χ2v) is 9.81. The van der Waals surface area contributed by atoms with Gasteiger partial charge in [-0.3, -0.25) is 0 Å². The molecule has 0 saturated heterocycles. The Morgan fingerprint density at radius 2 is 1.65 bits per heavy atom. The zero-order valence-electron chi connectivity index (χ0n) is 18.5. The van der Waals surface area contributed by atoms with E-state index in [1.807, 2.05) is 69.4 Å². The summed E-state index contributed by atoms with van der Waals surface area (Å²) in [4.78, 5) is 0.380. The third-order valence-corrected chi connectivity index (χ3v) is 8.07. The largest absolute Gasteiger partial charge is 0.497 e. The van der Waals surface area contributed by atoms with E-state index in [0.29, 0.717) is 29.5 Å². The summed E-state index contributed by atoms with van der Waals surface area (Å²) in [6.45, 7) is 6.66. The molecule has 6 nitrogen and oxygen atoms in total. The second-order valence-electron chi connectivity index (χ2n) is 7.98. The van der Waals surface area contributed by atoms with Crippen molar-refractivity contribution < 1.29 is 17.9 Å². The van der Waals surface area contributed by atoms with Crippen molar-refractivity contribution in [1.82, 2.24) is 8.87 Å². The van der Waals surface area contributed by atoms with Crippen LogP contribution in [-0.2, 0) is 16.6 Å². The number of sulfonamides is 1. The molecule has 2 aromatic carbocycles. The number of hydrogen-bond acceptors (Lipinski definition) is 4. The maximum atomic E-state index is 14.1. The Bertz CT molecular complexity index is 1210. The average molecular weight is 441 g/mol. The van der Waals surface area contributed by atoms with Crippen LogP contribution in [0.3, 0.4) is 0 Å². The molecule has 1 unspecified atom stereocenters. The van der Waals surface area contributed by atoms with Crippen LogP contribution in [0.25, 0.3) is 0 Å². The summed E-state index contributed by atoms with van der Waals surface area (Å²) >= 11 is 0. The van der Waals surface area contributed by atoms with Gasteiger partial charge in [-0.25, -0.2) is 8.42 Å². The fourth-order valence-corrected chi connectivity index (χ4v) is 6.67. The van der Waals surface area contributed by atoms with Gasteiger partial charge in [0.15, 0.2) is 0 Å². The second kappa shape index (κ2) is 8.05. The molecule has 0 bridgehead atoms. The highest BCUT2D eigenvalue weighted by molar-refractivity contribution is 7.89. The molecular weight excluding hydrogens is 412 g/mol. The predicted molar refractivity (Wildman–Crippen MR) is 120 cm³/mol. The maximum absolute atomic E-state index is 14.1. The summed E-state index contributed by atoms with van der Waals surface area (Å²) in [5.74, 6) is 1.28. The third-order valence-electron chi connectivity index (χ3n) is 5.90. The van der Waals surface area contributed by atoms with Gasteiger partial charge in [0.1, 0.15) is 11.5 Å². The van der Waals surface area contributed by atoms with E-state index >= 15 is 0 Å². The standard InChI is InChI=1S/C24H28N2O4S/c1-16-13-17(2)24(18(3)14-16)31(27,28)26-12-11-25-10-6-7-21(25)23(26)20-15-19(29-4)8-9-22(20)30-5/h6-10,13-15,23H,11-12H2,1-5H3. The lowest BCUT2D eigenvalue weighted by molar-refractivity contribution is 0.289. The molecule has 31 heavy (non-hydrogen) atoms. The predicted octanol–water partition coefficient (Wildman–Crippen LogP) is 4.22. The monoisotopic (exact) mass is 440 g/mol. The van der Waals surface area contributed by atoms with E-state index in [1.54, 1.807) is 18.5 Å². The molecule has 0 spiro atoms. The summed E-state index contributed by atoms with van der Waals surface area (Å²) in [6, 6.07) is 12.7. The fraction of sp³-hybridized carbons (Fsp3) is 0.333. The highest BCUT2D eigenvalue weighted by Crippen LogP contribution is 2.42. The molecule has 1 atom stereocenters. The van der Waals surface area contributed by atoms with Gasteiger partial charge in [-0.2, -0.15) is 4.31 Å². The molecule has 3 aromatic rings. The van der Waals surface area contributed by atoms with Crippen molar-refractivity contribution in [2.24, 2.45) is 0 Å². The van der Waals surface area contributed by atoms with Crippen LogP contribution >= 0.6 is 0 Å². The first-order chi connectivity index (χ1) is 14.8.